The van der Waals surface area contributed by atoms with E-state index in [1.807, 2.05) is 32.7 Å². The first-order valence-corrected chi connectivity index (χ1v) is 16.5. The number of hydrazine groups is 1. The minimum absolute atomic E-state index is 0.0194. The molecule has 0 spiro atoms. The number of hydrogen-bond donors (Lipinski definition) is 5. The van der Waals surface area contributed by atoms with Crippen molar-refractivity contribution in [2.45, 2.75) is 110 Å². The third-order valence-electron chi connectivity index (χ3n) is 9.02. The number of amides is 3. The van der Waals surface area contributed by atoms with Crippen LogP contribution in [-0.2, 0) is 30.5 Å². The van der Waals surface area contributed by atoms with Gasteiger partial charge in [-0.15, -0.1) is 0 Å². The molecule has 1 fully saturated rings. The number of nitrogens with zero attached hydrogens (tertiary/aromatic N) is 1. The van der Waals surface area contributed by atoms with Crippen molar-refractivity contribution >= 4 is 37.1 Å². The Bertz CT molecular complexity index is 1300. The predicted octanol–water partition coefficient (Wildman–Crippen LogP) is 3.60. The SMILES string of the molecule is [B]C(=O)OCc1ccc(NC(=O)CNC(=O)C(NC(=O)CC(C)(C)OCCC(C)(C)N(N)/C2=C(\N)CCC3CC3CC2)C(C)C)cc1. The molecule has 3 atom stereocenters. The predicted molar refractivity (Wildman–Crippen MR) is 181 cm³/mol. The lowest BCUT2D eigenvalue weighted by atomic mass is 9.95. The number of benzene rings is 1. The number of ether oxygens (including phenoxy) is 2. The van der Waals surface area contributed by atoms with Gasteiger partial charge in [-0.3, -0.25) is 19.2 Å². The van der Waals surface area contributed by atoms with Crippen LogP contribution in [0.1, 0.15) is 92.1 Å². The molecule has 3 rings (SSSR count). The molecule has 3 unspecified atom stereocenters. The van der Waals surface area contributed by atoms with Gasteiger partial charge in [0, 0.05) is 23.7 Å². The van der Waals surface area contributed by atoms with Crippen molar-refractivity contribution in [3.05, 3.63) is 41.2 Å². The quantitative estimate of drug-likeness (QED) is 0.101. The molecule has 0 aromatic heterocycles. The lowest BCUT2D eigenvalue weighted by Gasteiger charge is -2.40. The topological polar surface area (TPSA) is 178 Å². The molecule has 1 saturated carbocycles. The number of carbonyl (C=O) groups is 4. The smallest absolute Gasteiger partial charge is 0.243 e. The summed E-state index contributed by atoms with van der Waals surface area (Å²) in [5.74, 6) is 5.94. The van der Waals surface area contributed by atoms with E-state index in [2.05, 4.69) is 29.8 Å². The first-order chi connectivity index (χ1) is 22.0. The minimum Gasteiger partial charge on any atom is -0.470 e. The molecule has 13 heteroatoms. The maximum Gasteiger partial charge on any atom is 0.243 e. The average molecular weight is 653 g/mol. The Morgan fingerprint density at radius 3 is 2.28 bits per heavy atom. The summed E-state index contributed by atoms with van der Waals surface area (Å²) in [6.45, 7) is 11.6. The van der Waals surface area contributed by atoms with Gasteiger partial charge in [0.15, 0.2) is 0 Å². The normalized spacial score (nSPS) is 20.3. The standard InChI is InChI=1S/C34H53BN6O6/c1-21(2)30(31(44)38-19-29(43)39-25-11-7-22(8-12-25)20-46-32(35)45)40-28(42)18-34(5,6)47-16-15-33(3,4)41(37)27-14-10-24-17-23(24)9-13-26(27)36/h7-8,11-12,21,23-24,30H,9-10,13-20,36-37H2,1-6H3,(H,38,44)(H,39,43)(H,40,42)/b27-26-. The second-order valence-electron chi connectivity index (χ2n) is 14.4. The average Bonchev–Trinajstić information content (AvgIpc) is 3.73. The van der Waals surface area contributed by atoms with Crippen LogP contribution in [0.5, 0.6) is 0 Å². The van der Waals surface area contributed by atoms with Crippen molar-refractivity contribution in [2.24, 2.45) is 29.3 Å². The number of allylic oxidation sites excluding steroid dienone is 2. The molecule has 1 aromatic carbocycles. The number of anilines is 1. The molecular weight excluding hydrogens is 599 g/mol. The molecule has 0 aliphatic heterocycles. The molecule has 7 N–H and O–H groups in total. The lowest BCUT2D eigenvalue weighted by molar-refractivity contribution is -0.134. The van der Waals surface area contributed by atoms with E-state index in [1.54, 1.807) is 24.3 Å². The van der Waals surface area contributed by atoms with Crippen molar-refractivity contribution in [1.29, 1.82) is 0 Å². The second-order valence-corrected chi connectivity index (χ2v) is 14.4. The molecule has 0 heterocycles. The molecule has 2 aliphatic rings. The van der Waals surface area contributed by atoms with Gasteiger partial charge in [0.05, 0.1) is 24.1 Å². The summed E-state index contributed by atoms with van der Waals surface area (Å²) >= 11 is 0. The first kappa shape index (κ1) is 37.9. The zero-order valence-electron chi connectivity index (χ0n) is 28.8. The number of carbonyl (C=O) groups excluding carboxylic acids is 4. The molecule has 2 radical (unpaired) electrons. The Morgan fingerprint density at radius 2 is 1.66 bits per heavy atom. The van der Waals surface area contributed by atoms with Crippen molar-refractivity contribution < 1.29 is 28.7 Å². The largest absolute Gasteiger partial charge is 0.470 e. The van der Waals surface area contributed by atoms with E-state index in [-0.39, 0.29) is 31.4 Å². The van der Waals surface area contributed by atoms with Crippen LogP contribution in [0, 0.1) is 17.8 Å². The zero-order chi connectivity index (χ0) is 34.9. The van der Waals surface area contributed by atoms with Crippen LogP contribution in [0.25, 0.3) is 0 Å². The van der Waals surface area contributed by atoms with Gasteiger partial charge in [0.2, 0.25) is 31.4 Å². The van der Waals surface area contributed by atoms with Gasteiger partial charge in [-0.05, 0) is 102 Å². The van der Waals surface area contributed by atoms with Gasteiger partial charge in [0.25, 0.3) is 0 Å². The summed E-state index contributed by atoms with van der Waals surface area (Å²) in [6, 6.07) is 5.79. The number of nitrogens with two attached hydrogens (primary N) is 2. The highest BCUT2D eigenvalue weighted by Gasteiger charge is 2.39. The molecule has 258 valence electrons. The molecule has 2 aliphatic carbocycles. The van der Waals surface area contributed by atoms with E-state index < -0.39 is 34.9 Å². The van der Waals surface area contributed by atoms with Crippen LogP contribution in [0.15, 0.2) is 35.7 Å². The van der Waals surface area contributed by atoms with E-state index in [9.17, 15) is 19.2 Å². The number of nitrogens with one attached hydrogen (secondary N) is 3. The molecule has 3 amide bonds. The molecular formula is C34H53BN6O6. The Balaban J connectivity index is 1.43. The summed E-state index contributed by atoms with van der Waals surface area (Å²) in [4.78, 5) is 49.2. The Labute approximate surface area is 280 Å². The number of hydrogen-bond acceptors (Lipinski definition) is 9. The molecule has 1 aromatic rings. The molecule has 12 nitrogen and oxygen atoms in total. The third kappa shape index (κ3) is 12.2. The van der Waals surface area contributed by atoms with Crippen LogP contribution < -0.4 is 27.5 Å². The highest BCUT2D eigenvalue weighted by Crippen LogP contribution is 2.48. The van der Waals surface area contributed by atoms with E-state index in [4.69, 9.17) is 28.9 Å². The van der Waals surface area contributed by atoms with Gasteiger partial charge in [0.1, 0.15) is 12.6 Å². The summed E-state index contributed by atoms with van der Waals surface area (Å²) in [6.07, 6.45) is 6.01. The van der Waals surface area contributed by atoms with Crippen molar-refractivity contribution in [1.82, 2.24) is 15.6 Å². The fourth-order valence-corrected chi connectivity index (χ4v) is 5.84. The molecule has 47 heavy (non-hydrogen) atoms. The Hall–Kier alpha value is -3.58. The van der Waals surface area contributed by atoms with E-state index in [0.29, 0.717) is 24.3 Å². The minimum atomic E-state index is -0.874. The van der Waals surface area contributed by atoms with Crippen molar-refractivity contribution in [2.75, 3.05) is 18.5 Å². The van der Waals surface area contributed by atoms with Gasteiger partial charge < -0.3 is 36.2 Å². The van der Waals surface area contributed by atoms with Gasteiger partial charge in [-0.25, -0.2) is 5.84 Å². The fraction of sp³-hybridized carbons (Fsp3) is 0.647. The monoisotopic (exact) mass is 652 g/mol. The maximum absolute atomic E-state index is 13.0. The van der Waals surface area contributed by atoms with E-state index >= 15 is 0 Å². The third-order valence-corrected chi connectivity index (χ3v) is 9.02. The van der Waals surface area contributed by atoms with Crippen molar-refractivity contribution in [3.8, 4) is 0 Å². The highest BCUT2D eigenvalue weighted by molar-refractivity contribution is 6.55. The van der Waals surface area contributed by atoms with Crippen LogP contribution in [0.4, 0.5) is 10.5 Å². The number of fused-ring (bicyclic) bond motifs is 1. The Kier molecular flexibility index (Phi) is 13.3. The van der Waals surface area contributed by atoms with E-state index in [1.165, 1.54) is 6.42 Å². The number of rotatable bonds is 16. The van der Waals surface area contributed by atoms with Crippen LogP contribution in [0.2, 0.25) is 0 Å². The van der Waals surface area contributed by atoms with Gasteiger partial charge >= 0.3 is 0 Å². The van der Waals surface area contributed by atoms with Crippen LogP contribution in [0.3, 0.4) is 0 Å². The summed E-state index contributed by atoms with van der Waals surface area (Å²) in [5.41, 5.74) is 8.38. The summed E-state index contributed by atoms with van der Waals surface area (Å²) < 4.78 is 10.9. The van der Waals surface area contributed by atoms with Gasteiger partial charge in [-0.1, -0.05) is 26.0 Å². The van der Waals surface area contributed by atoms with Crippen molar-refractivity contribution in [3.63, 3.8) is 0 Å². The Morgan fingerprint density at radius 1 is 1.02 bits per heavy atom. The second kappa shape index (κ2) is 16.5. The molecule has 0 saturated heterocycles. The first-order valence-electron chi connectivity index (χ1n) is 16.5. The highest BCUT2D eigenvalue weighted by atomic mass is 16.5. The summed E-state index contributed by atoms with van der Waals surface area (Å²) in [7, 11) is 4.97. The fourth-order valence-electron chi connectivity index (χ4n) is 5.84. The van der Waals surface area contributed by atoms with Crippen LogP contribution >= 0.6 is 0 Å². The zero-order valence-corrected chi connectivity index (χ0v) is 28.8. The maximum atomic E-state index is 13.0. The molecule has 0 bridgehead atoms. The lowest BCUT2D eigenvalue weighted by Crippen LogP contribution is -2.52. The van der Waals surface area contributed by atoms with Crippen LogP contribution in [-0.4, -0.2) is 66.8 Å². The van der Waals surface area contributed by atoms with Gasteiger partial charge in [-0.2, -0.15) is 0 Å². The summed E-state index contributed by atoms with van der Waals surface area (Å²) in [5, 5.41) is 9.92. The van der Waals surface area contributed by atoms with E-state index in [0.717, 1.165) is 48.9 Å².